The zero-order valence-corrected chi connectivity index (χ0v) is 26.8. The first-order valence-corrected chi connectivity index (χ1v) is 17.9. The fourth-order valence-corrected chi connectivity index (χ4v) is 7.29. The predicted octanol–water partition coefficient (Wildman–Crippen LogP) is 7.39. The molecule has 0 bridgehead atoms. The molecule has 0 spiro atoms. The molecule has 2 N–H and O–H groups in total. The molecule has 9 heteroatoms. The average molecular weight is 596 g/mol. The van der Waals surface area contributed by atoms with Gasteiger partial charge in [0.15, 0.2) is 8.32 Å². The van der Waals surface area contributed by atoms with Crippen molar-refractivity contribution >= 4 is 26.0 Å². The van der Waals surface area contributed by atoms with Crippen LogP contribution < -0.4 is 10.6 Å². The van der Waals surface area contributed by atoms with Crippen LogP contribution in [0.25, 0.3) is 0 Å². The van der Waals surface area contributed by atoms with Crippen LogP contribution in [0.5, 0.6) is 0 Å². The largest absolute Gasteiger partial charge is 0.444 e. The van der Waals surface area contributed by atoms with Gasteiger partial charge >= 0.3 is 6.09 Å². The van der Waals surface area contributed by atoms with E-state index >= 15 is 0 Å². The predicted molar refractivity (Wildman–Crippen MR) is 169 cm³/mol. The quantitative estimate of drug-likeness (QED) is 0.178. The molecule has 0 radical (unpaired) electrons. The summed E-state index contributed by atoms with van der Waals surface area (Å²) in [5.41, 5.74) is 1.78. The normalized spacial score (nSPS) is 14.4. The van der Waals surface area contributed by atoms with Crippen molar-refractivity contribution in [2.75, 3.05) is 5.32 Å². The molecule has 42 heavy (non-hydrogen) atoms. The molecule has 3 rings (SSSR count). The summed E-state index contributed by atoms with van der Waals surface area (Å²) in [7, 11) is -2.20. The first kappa shape index (κ1) is 31.5. The van der Waals surface area contributed by atoms with E-state index in [0.29, 0.717) is 31.0 Å². The average Bonchev–Trinajstić information content (AvgIpc) is 3.44. The molecular weight excluding hydrogens is 546 g/mol. The number of aromatic nitrogens is 1. The summed E-state index contributed by atoms with van der Waals surface area (Å²) in [4.78, 5) is 26.9. The molecule has 0 aliphatic rings. The third-order valence-corrected chi connectivity index (χ3v) is 9.41. The molecule has 3 atom stereocenters. The lowest BCUT2D eigenvalue weighted by Crippen LogP contribution is -2.52. The summed E-state index contributed by atoms with van der Waals surface area (Å²) in [6.07, 6.45) is 5.26. The Morgan fingerprint density at radius 2 is 1.71 bits per heavy atom. The van der Waals surface area contributed by atoms with Gasteiger partial charge in [0, 0.05) is 5.92 Å². The van der Waals surface area contributed by atoms with E-state index in [9.17, 15) is 9.59 Å². The van der Waals surface area contributed by atoms with Crippen LogP contribution >= 0.6 is 0 Å². The van der Waals surface area contributed by atoms with E-state index in [1.165, 1.54) is 12.5 Å². The van der Waals surface area contributed by atoms with E-state index < -0.39 is 38.1 Å². The number of hydrogen-bond acceptors (Lipinski definition) is 6. The minimum atomic E-state index is -2.20. The number of amides is 2. The highest BCUT2D eigenvalue weighted by atomic mass is 28.4. The van der Waals surface area contributed by atoms with Crippen molar-refractivity contribution in [2.24, 2.45) is 5.92 Å². The SMILES string of the molecule is [3H]c1ccc(C[C@H](C[C@H](O[Si](C)(C)CCCC)[C@H](Cc2ccccc2)NC(=O)OC(C)(C)C)C(=O)Nc2cnoc2)cc1. The number of unbranched alkanes of at least 4 members (excludes halogenated alkanes) is 1. The van der Waals surface area contributed by atoms with E-state index in [0.717, 1.165) is 30.0 Å². The van der Waals surface area contributed by atoms with Gasteiger partial charge in [-0.1, -0.05) is 85.6 Å². The highest BCUT2D eigenvalue weighted by molar-refractivity contribution is 6.71. The summed E-state index contributed by atoms with van der Waals surface area (Å²) >= 11 is 0. The van der Waals surface area contributed by atoms with Gasteiger partial charge in [-0.25, -0.2) is 4.79 Å². The number of rotatable bonds is 15. The van der Waals surface area contributed by atoms with Gasteiger partial charge in [0.25, 0.3) is 0 Å². The minimum Gasteiger partial charge on any atom is -0.444 e. The summed E-state index contributed by atoms with van der Waals surface area (Å²) < 4.78 is 25.5. The second-order valence-corrected chi connectivity index (χ2v) is 16.7. The second-order valence-electron chi connectivity index (χ2n) is 12.4. The Kier molecular flexibility index (Phi) is 11.8. The van der Waals surface area contributed by atoms with Gasteiger partial charge in [-0.3, -0.25) is 4.79 Å². The lowest BCUT2D eigenvalue weighted by atomic mass is 9.88. The maximum absolute atomic E-state index is 13.8. The van der Waals surface area contributed by atoms with Crippen LogP contribution in [0, 0.1) is 5.92 Å². The molecule has 0 saturated carbocycles. The smallest absolute Gasteiger partial charge is 0.407 e. The van der Waals surface area contributed by atoms with Crippen LogP contribution in [0.4, 0.5) is 10.5 Å². The van der Waals surface area contributed by atoms with Crippen LogP contribution in [0.1, 0.15) is 59.5 Å². The summed E-state index contributed by atoms with van der Waals surface area (Å²) in [6, 6.07) is 18.1. The van der Waals surface area contributed by atoms with Gasteiger partial charge in [-0.15, -0.1) is 0 Å². The van der Waals surface area contributed by atoms with Gasteiger partial charge < -0.3 is 24.3 Å². The monoisotopic (exact) mass is 595 g/mol. The lowest BCUT2D eigenvalue weighted by Gasteiger charge is -2.37. The lowest BCUT2D eigenvalue weighted by molar-refractivity contribution is -0.120. The zero-order valence-electron chi connectivity index (χ0n) is 26.8. The number of carbonyl (C=O) groups excluding carboxylic acids is 2. The Labute approximate surface area is 253 Å². The fourth-order valence-electron chi connectivity index (χ4n) is 4.88. The number of nitrogens with one attached hydrogen (secondary N) is 2. The van der Waals surface area contributed by atoms with Gasteiger partial charge in [-0.2, -0.15) is 0 Å². The molecule has 3 aromatic rings. The minimum absolute atomic E-state index is 0.199. The van der Waals surface area contributed by atoms with Crippen molar-refractivity contribution in [1.29, 1.82) is 0 Å². The highest BCUT2D eigenvalue weighted by Crippen LogP contribution is 2.27. The molecule has 2 aromatic carbocycles. The molecule has 0 aliphatic carbocycles. The molecule has 0 aliphatic heterocycles. The molecule has 1 aromatic heterocycles. The Hall–Kier alpha value is -3.43. The van der Waals surface area contributed by atoms with Crippen LogP contribution in [-0.2, 0) is 26.8 Å². The number of anilines is 1. The Bertz CT molecular complexity index is 1260. The van der Waals surface area contributed by atoms with Crippen molar-refractivity contribution in [2.45, 2.75) is 96.7 Å². The van der Waals surface area contributed by atoms with E-state index in [-0.39, 0.29) is 5.91 Å². The van der Waals surface area contributed by atoms with Gasteiger partial charge in [-0.05, 0) is 70.3 Å². The number of carbonyl (C=O) groups is 2. The molecule has 0 fully saturated rings. The fraction of sp³-hybridized carbons (Fsp3) is 0.485. The van der Waals surface area contributed by atoms with E-state index in [2.05, 4.69) is 35.8 Å². The molecular formula is C33H47N3O5Si. The topological polar surface area (TPSA) is 103 Å². The maximum atomic E-state index is 13.8. The van der Waals surface area contributed by atoms with E-state index in [1.54, 1.807) is 12.1 Å². The first-order chi connectivity index (χ1) is 20.3. The number of alkyl carbamates (subject to hydrolysis) is 1. The Morgan fingerprint density at radius 3 is 2.33 bits per heavy atom. The molecule has 0 unspecified atom stereocenters. The van der Waals surface area contributed by atoms with Gasteiger partial charge in [0.1, 0.15) is 17.6 Å². The van der Waals surface area contributed by atoms with E-state index in [4.69, 9.17) is 15.1 Å². The van der Waals surface area contributed by atoms with Gasteiger partial charge in [0.05, 0.1) is 19.7 Å². The van der Waals surface area contributed by atoms with Crippen LogP contribution in [0.2, 0.25) is 19.1 Å². The van der Waals surface area contributed by atoms with Crippen molar-refractivity contribution < 1.29 is 24.6 Å². The number of hydrogen-bond donors (Lipinski definition) is 2. The van der Waals surface area contributed by atoms with Gasteiger partial charge in [0.2, 0.25) is 5.91 Å². The molecule has 1 heterocycles. The first-order valence-electron chi connectivity index (χ1n) is 15.3. The highest BCUT2D eigenvalue weighted by Gasteiger charge is 2.36. The number of nitrogens with zero attached hydrogens (tertiary/aromatic N) is 1. The standard InChI is InChI=1S/C33H47N3O5Si/c1-7-8-19-42(5,6)41-30(29(21-26-17-13-10-14-18-26)36-32(38)40-33(2,3)4)22-27(20-25-15-11-9-12-16-25)31(37)35-28-23-34-39-24-28/h9-18,23-24,27,29-30H,7-8,19-22H2,1-6H3,(H,35,37)(H,36,38)/t27-,29+,30+/m1/s1/i9T. The number of ether oxygens (including phenoxy) is 1. The third kappa shape index (κ3) is 11.8. The van der Waals surface area contributed by atoms with Crippen molar-refractivity contribution in [3.63, 3.8) is 0 Å². The molecule has 0 saturated heterocycles. The molecule has 2 amide bonds. The molecule has 8 nitrogen and oxygen atoms in total. The van der Waals surface area contributed by atoms with Crippen LogP contribution in [0.15, 0.2) is 77.6 Å². The zero-order chi connectivity index (χ0) is 31.5. The van der Waals surface area contributed by atoms with E-state index in [1.807, 2.05) is 63.2 Å². The Balaban J connectivity index is 2.00. The number of benzene rings is 2. The third-order valence-electron chi connectivity index (χ3n) is 6.91. The van der Waals surface area contributed by atoms with Crippen molar-refractivity contribution in [3.8, 4) is 0 Å². The maximum Gasteiger partial charge on any atom is 0.407 e. The summed E-state index contributed by atoms with van der Waals surface area (Å²) in [5, 5.41) is 9.76. The molecule has 228 valence electrons. The van der Waals surface area contributed by atoms with Crippen molar-refractivity contribution in [1.82, 2.24) is 10.5 Å². The van der Waals surface area contributed by atoms with Crippen molar-refractivity contribution in [3.05, 3.63) is 84.2 Å². The summed E-state index contributed by atoms with van der Waals surface area (Å²) in [5.74, 6) is -0.707. The Morgan fingerprint density at radius 1 is 1.05 bits per heavy atom. The van der Waals surface area contributed by atoms with Crippen LogP contribution in [0.3, 0.4) is 0 Å². The van der Waals surface area contributed by atoms with Crippen LogP contribution in [-0.4, -0.2) is 43.2 Å². The second kappa shape index (κ2) is 15.7. The summed E-state index contributed by atoms with van der Waals surface area (Å²) in [6.45, 7) is 12.1.